The van der Waals surface area contributed by atoms with Gasteiger partial charge in [-0.05, 0) is 55.7 Å². The number of rotatable bonds is 4. The first-order valence-corrected chi connectivity index (χ1v) is 13.0. The third kappa shape index (κ3) is 5.89. The third-order valence-electron chi connectivity index (χ3n) is 6.20. The van der Waals surface area contributed by atoms with Gasteiger partial charge in [-0.15, -0.1) is 0 Å². The molecule has 34 heavy (non-hydrogen) atoms. The van der Waals surface area contributed by atoms with E-state index in [1.165, 1.54) is 11.1 Å². The molecule has 0 saturated heterocycles. The molecule has 0 aliphatic carbocycles. The zero-order chi connectivity index (χ0) is 25.5. The van der Waals surface area contributed by atoms with Crippen LogP contribution in [0.1, 0.15) is 79.0 Å². The van der Waals surface area contributed by atoms with E-state index in [9.17, 15) is 9.79 Å². The summed E-state index contributed by atoms with van der Waals surface area (Å²) in [6.07, 6.45) is 0. The Labute approximate surface area is 206 Å². The molecule has 0 unspecified atom stereocenters. The maximum Gasteiger partial charge on any atom is 0.391 e. The van der Waals surface area contributed by atoms with Crippen LogP contribution in [0.15, 0.2) is 60.7 Å². The number of hydrogen-bond donors (Lipinski definition) is 2. The molecular weight excluding hydrogens is 439 g/mol. The molecule has 0 saturated carbocycles. The lowest BCUT2D eigenvalue weighted by molar-refractivity contribution is 0.370. The lowest BCUT2D eigenvalue weighted by Gasteiger charge is -2.29. The fourth-order valence-electron chi connectivity index (χ4n) is 4.32. The van der Waals surface area contributed by atoms with Crippen molar-refractivity contribution in [2.75, 3.05) is 0 Å². The summed E-state index contributed by atoms with van der Waals surface area (Å²) >= 11 is 0. The van der Waals surface area contributed by atoms with Gasteiger partial charge in [-0.2, -0.15) is 0 Å². The molecule has 4 heteroatoms. The van der Waals surface area contributed by atoms with E-state index in [0.29, 0.717) is 5.75 Å². The van der Waals surface area contributed by atoms with Crippen molar-refractivity contribution in [3.8, 4) is 28.0 Å². The van der Waals surface area contributed by atoms with E-state index in [-0.39, 0.29) is 16.2 Å². The summed E-state index contributed by atoms with van der Waals surface area (Å²) < 4.78 is 5.54. The zero-order valence-electron chi connectivity index (χ0n) is 22.0. The minimum atomic E-state index is -2.52. The summed E-state index contributed by atoms with van der Waals surface area (Å²) in [4.78, 5) is 19.3. The molecular formula is C30H39O3P. The molecule has 0 heterocycles. The van der Waals surface area contributed by atoms with Crippen LogP contribution in [0.2, 0.25) is 0 Å². The molecule has 0 aromatic heterocycles. The van der Waals surface area contributed by atoms with Crippen LogP contribution in [0.3, 0.4) is 0 Å². The van der Waals surface area contributed by atoms with Gasteiger partial charge in [0.1, 0.15) is 5.75 Å². The van der Waals surface area contributed by atoms with Gasteiger partial charge in [0, 0.05) is 5.56 Å². The summed E-state index contributed by atoms with van der Waals surface area (Å²) in [5.74, 6) is 0.508. The van der Waals surface area contributed by atoms with Gasteiger partial charge in [0.2, 0.25) is 0 Å². The van der Waals surface area contributed by atoms with E-state index in [4.69, 9.17) is 4.52 Å². The molecule has 0 aliphatic heterocycles. The lowest BCUT2D eigenvalue weighted by atomic mass is 9.77. The van der Waals surface area contributed by atoms with Crippen molar-refractivity contribution >= 4 is 8.60 Å². The zero-order valence-corrected chi connectivity index (χ0v) is 22.9. The van der Waals surface area contributed by atoms with Gasteiger partial charge in [0.05, 0.1) is 0 Å². The van der Waals surface area contributed by atoms with Crippen LogP contribution in [0.25, 0.3) is 22.3 Å². The quantitative estimate of drug-likeness (QED) is 0.370. The number of hydrogen-bond acceptors (Lipinski definition) is 3. The Hall–Kier alpha value is -2.19. The van der Waals surface area contributed by atoms with Gasteiger partial charge in [-0.25, -0.2) is 0 Å². The fourth-order valence-corrected chi connectivity index (χ4v) is 4.65. The van der Waals surface area contributed by atoms with Gasteiger partial charge >= 0.3 is 8.60 Å². The van der Waals surface area contributed by atoms with Crippen molar-refractivity contribution in [2.24, 2.45) is 0 Å². The standard InChI is InChI=1S/C30H39O3P/c1-28(2,3)22-14-10-20(11-15-22)24-18-19-25(33-34(31)32)27(30(7,8)9)26(24)21-12-16-23(17-13-21)29(4,5)6/h10-19,31-32H,1-9H3. The highest BCUT2D eigenvalue weighted by Gasteiger charge is 2.28. The molecule has 3 aromatic carbocycles. The second-order valence-corrected chi connectivity index (χ2v) is 12.8. The first-order chi connectivity index (χ1) is 15.6. The molecule has 0 aliphatic rings. The van der Waals surface area contributed by atoms with Gasteiger partial charge < -0.3 is 14.3 Å². The van der Waals surface area contributed by atoms with Crippen LogP contribution < -0.4 is 4.52 Å². The molecule has 0 bridgehead atoms. The van der Waals surface area contributed by atoms with Crippen LogP contribution in [0.5, 0.6) is 5.75 Å². The van der Waals surface area contributed by atoms with Crippen LogP contribution in [-0.4, -0.2) is 9.79 Å². The Bertz CT molecular complexity index is 1120. The molecule has 2 N–H and O–H groups in total. The molecule has 3 aromatic rings. The van der Waals surface area contributed by atoms with E-state index in [0.717, 1.165) is 27.8 Å². The van der Waals surface area contributed by atoms with E-state index >= 15 is 0 Å². The smallest absolute Gasteiger partial charge is 0.391 e. The molecule has 0 atom stereocenters. The Balaban J connectivity index is 2.32. The molecule has 3 rings (SSSR count). The Morgan fingerprint density at radius 1 is 0.559 bits per heavy atom. The maximum atomic E-state index is 9.67. The largest absolute Gasteiger partial charge is 0.427 e. The number of benzene rings is 3. The predicted octanol–water partition coefficient (Wildman–Crippen LogP) is 8.50. The van der Waals surface area contributed by atoms with Gasteiger partial charge in [-0.1, -0.05) is 117 Å². The first kappa shape index (κ1) is 26.4. The highest BCUT2D eigenvalue weighted by Crippen LogP contribution is 2.47. The van der Waals surface area contributed by atoms with Crippen LogP contribution >= 0.6 is 8.60 Å². The first-order valence-electron chi connectivity index (χ1n) is 11.8. The molecule has 3 nitrogen and oxygen atoms in total. The van der Waals surface area contributed by atoms with Crippen molar-refractivity contribution in [3.05, 3.63) is 77.4 Å². The van der Waals surface area contributed by atoms with E-state index in [2.05, 4.69) is 111 Å². The van der Waals surface area contributed by atoms with Crippen molar-refractivity contribution < 1.29 is 14.3 Å². The average Bonchev–Trinajstić information content (AvgIpc) is 2.71. The summed E-state index contributed by atoms with van der Waals surface area (Å²) in [5, 5.41) is 0. The van der Waals surface area contributed by atoms with Gasteiger partial charge in [-0.3, -0.25) is 0 Å². The molecule has 182 valence electrons. The Morgan fingerprint density at radius 2 is 1.00 bits per heavy atom. The summed E-state index contributed by atoms with van der Waals surface area (Å²) in [6, 6.07) is 21.4. The van der Waals surface area contributed by atoms with Gasteiger partial charge in [0.15, 0.2) is 0 Å². The fraction of sp³-hybridized carbons (Fsp3) is 0.400. The van der Waals surface area contributed by atoms with Crippen molar-refractivity contribution in [1.82, 2.24) is 0 Å². The van der Waals surface area contributed by atoms with Crippen LogP contribution in [0, 0.1) is 0 Å². The minimum Gasteiger partial charge on any atom is -0.427 e. The van der Waals surface area contributed by atoms with Crippen molar-refractivity contribution in [1.29, 1.82) is 0 Å². The summed E-state index contributed by atoms with van der Waals surface area (Å²) in [7, 11) is -2.52. The second kappa shape index (κ2) is 9.46. The summed E-state index contributed by atoms with van der Waals surface area (Å²) in [5.41, 5.74) is 7.73. The normalized spacial score (nSPS) is 12.8. The van der Waals surface area contributed by atoms with Crippen molar-refractivity contribution in [3.63, 3.8) is 0 Å². The topological polar surface area (TPSA) is 49.7 Å². The second-order valence-electron chi connectivity index (χ2n) is 12.1. The SMILES string of the molecule is CC(C)(C)c1ccc(-c2ccc(OP(O)O)c(C(C)(C)C)c2-c2ccc(C(C)(C)C)cc2)cc1. The minimum absolute atomic E-state index is 0.0611. The predicted molar refractivity (Wildman–Crippen MR) is 145 cm³/mol. The Kier molecular flexibility index (Phi) is 7.35. The lowest BCUT2D eigenvalue weighted by Crippen LogP contribution is -2.15. The maximum absolute atomic E-state index is 9.67. The Morgan fingerprint density at radius 3 is 1.38 bits per heavy atom. The molecule has 0 fully saturated rings. The van der Waals surface area contributed by atoms with E-state index < -0.39 is 8.60 Å². The highest BCUT2D eigenvalue weighted by molar-refractivity contribution is 7.39. The van der Waals surface area contributed by atoms with Crippen molar-refractivity contribution in [2.45, 2.75) is 78.6 Å². The average molecular weight is 479 g/mol. The van der Waals surface area contributed by atoms with E-state index in [1.807, 2.05) is 12.1 Å². The van der Waals surface area contributed by atoms with Crippen LogP contribution in [0.4, 0.5) is 0 Å². The monoisotopic (exact) mass is 478 g/mol. The van der Waals surface area contributed by atoms with E-state index in [1.54, 1.807) is 0 Å². The summed E-state index contributed by atoms with van der Waals surface area (Å²) in [6.45, 7) is 19.7. The molecule has 0 amide bonds. The van der Waals surface area contributed by atoms with Gasteiger partial charge in [0.25, 0.3) is 0 Å². The third-order valence-corrected chi connectivity index (χ3v) is 6.56. The van der Waals surface area contributed by atoms with Crippen LogP contribution in [-0.2, 0) is 16.2 Å². The highest BCUT2D eigenvalue weighted by atomic mass is 31.2. The molecule has 0 spiro atoms. The molecule has 0 radical (unpaired) electrons.